The second kappa shape index (κ2) is 6.12. The molecule has 0 saturated carbocycles. The van der Waals surface area contributed by atoms with Crippen LogP contribution in [0.1, 0.15) is 36.9 Å². The lowest BCUT2D eigenvalue weighted by Crippen LogP contribution is -2.35. The van der Waals surface area contributed by atoms with Crippen molar-refractivity contribution in [1.82, 2.24) is 0 Å². The molecule has 0 amide bonds. The molecular formula is C18H21NOS. The van der Waals surface area contributed by atoms with Gasteiger partial charge in [0.2, 0.25) is 0 Å². The van der Waals surface area contributed by atoms with Crippen LogP contribution in [-0.4, -0.2) is 11.9 Å². The van der Waals surface area contributed by atoms with E-state index in [0.29, 0.717) is 5.92 Å². The maximum absolute atomic E-state index is 6.41. The predicted molar refractivity (Wildman–Crippen MR) is 89.0 cm³/mol. The Balaban J connectivity index is 1.75. The van der Waals surface area contributed by atoms with Crippen LogP contribution in [0.25, 0.3) is 0 Å². The van der Waals surface area contributed by atoms with Gasteiger partial charge in [0.1, 0.15) is 11.9 Å². The van der Waals surface area contributed by atoms with Crippen LogP contribution >= 0.6 is 11.8 Å². The number of rotatable bonds is 3. The van der Waals surface area contributed by atoms with Gasteiger partial charge in [-0.25, -0.2) is 0 Å². The zero-order valence-electron chi connectivity index (χ0n) is 12.5. The molecule has 2 nitrogen and oxygen atoms in total. The smallest absolute Gasteiger partial charge is 0.133 e. The van der Waals surface area contributed by atoms with Crippen LogP contribution in [0.4, 0.5) is 0 Å². The molecule has 2 N–H and O–H groups in total. The largest absolute Gasteiger partial charge is 0.486 e. The quantitative estimate of drug-likeness (QED) is 0.914. The van der Waals surface area contributed by atoms with E-state index in [9.17, 15) is 0 Å². The fourth-order valence-corrected chi connectivity index (χ4v) is 3.58. The molecule has 0 aromatic heterocycles. The molecule has 2 atom stereocenters. The van der Waals surface area contributed by atoms with E-state index in [0.717, 1.165) is 17.1 Å². The standard InChI is InChI=1S/C18H21NOS/c1-12(2)13-7-9-14(10-8-13)18(19)16-11-21-17-6-4-3-5-15(17)20-16/h3-10,12,16,18H,11,19H2,1-2H3. The molecular weight excluding hydrogens is 278 g/mol. The number of fused-ring (bicyclic) bond motifs is 1. The van der Waals surface area contributed by atoms with Crippen molar-refractivity contribution in [2.75, 3.05) is 5.75 Å². The minimum atomic E-state index is -0.0907. The van der Waals surface area contributed by atoms with Crippen LogP contribution in [0.5, 0.6) is 5.75 Å². The summed E-state index contributed by atoms with van der Waals surface area (Å²) in [5, 5.41) is 0. The molecule has 1 heterocycles. The molecule has 1 aliphatic rings. The number of benzene rings is 2. The van der Waals surface area contributed by atoms with Crippen LogP contribution in [0.15, 0.2) is 53.4 Å². The van der Waals surface area contributed by atoms with E-state index in [1.165, 1.54) is 10.5 Å². The van der Waals surface area contributed by atoms with Crippen molar-refractivity contribution >= 4 is 11.8 Å². The first-order chi connectivity index (χ1) is 10.1. The second-order valence-corrected chi connectivity index (χ2v) is 6.82. The van der Waals surface area contributed by atoms with Gasteiger partial charge in [-0.05, 0) is 29.2 Å². The van der Waals surface area contributed by atoms with Crippen LogP contribution < -0.4 is 10.5 Å². The number of para-hydroxylation sites is 1. The summed E-state index contributed by atoms with van der Waals surface area (Å²) in [5.41, 5.74) is 8.90. The lowest BCUT2D eigenvalue weighted by molar-refractivity contribution is 0.185. The van der Waals surface area contributed by atoms with E-state index in [2.05, 4.69) is 44.2 Å². The molecule has 2 aromatic rings. The van der Waals surface area contributed by atoms with Crippen LogP contribution in [-0.2, 0) is 0 Å². The summed E-state index contributed by atoms with van der Waals surface area (Å²) in [6, 6.07) is 16.7. The number of hydrogen-bond donors (Lipinski definition) is 1. The zero-order chi connectivity index (χ0) is 14.8. The number of nitrogens with two attached hydrogens (primary N) is 1. The normalized spacial score (nSPS) is 19.0. The minimum absolute atomic E-state index is 0.0230. The maximum Gasteiger partial charge on any atom is 0.133 e. The molecule has 110 valence electrons. The zero-order valence-corrected chi connectivity index (χ0v) is 13.3. The summed E-state index contributed by atoms with van der Waals surface area (Å²) in [5.74, 6) is 2.39. The van der Waals surface area contributed by atoms with Crippen LogP contribution in [0.3, 0.4) is 0 Å². The first-order valence-corrected chi connectivity index (χ1v) is 8.37. The maximum atomic E-state index is 6.41. The molecule has 0 spiro atoms. The predicted octanol–water partition coefficient (Wildman–Crippen LogP) is 4.36. The average Bonchev–Trinajstić information content (AvgIpc) is 2.54. The fourth-order valence-electron chi connectivity index (χ4n) is 2.53. The van der Waals surface area contributed by atoms with Crippen molar-refractivity contribution in [1.29, 1.82) is 0 Å². The van der Waals surface area contributed by atoms with Crippen LogP contribution in [0, 0.1) is 0 Å². The van der Waals surface area contributed by atoms with Gasteiger partial charge in [-0.3, -0.25) is 0 Å². The molecule has 0 saturated heterocycles. The lowest BCUT2D eigenvalue weighted by atomic mass is 9.97. The minimum Gasteiger partial charge on any atom is -0.486 e. The van der Waals surface area contributed by atoms with Crippen molar-refractivity contribution in [3.05, 3.63) is 59.7 Å². The van der Waals surface area contributed by atoms with Crippen molar-refractivity contribution < 1.29 is 4.74 Å². The SMILES string of the molecule is CC(C)c1ccc(C(N)C2CSc3ccccc3O2)cc1. The highest BCUT2D eigenvalue weighted by Crippen LogP contribution is 2.37. The molecule has 21 heavy (non-hydrogen) atoms. The Bertz CT molecular complexity index is 609. The summed E-state index contributed by atoms with van der Waals surface area (Å²) < 4.78 is 6.08. The monoisotopic (exact) mass is 299 g/mol. The number of hydrogen-bond acceptors (Lipinski definition) is 3. The average molecular weight is 299 g/mol. The molecule has 3 rings (SSSR count). The lowest BCUT2D eigenvalue weighted by Gasteiger charge is -2.30. The number of ether oxygens (including phenoxy) is 1. The molecule has 2 unspecified atom stereocenters. The molecule has 0 radical (unpaired) electrons. The first-order valence-electron chi connectivity index (χ1n) is 7.39. The van der Waals surface area contributed by atoms with E-state index in [1.54, 1.807) is 0 Å². The summed E-state index contributed by atoms with van der Waals surface area (Å²) in [7, 11) is 0. The third-order valence-corrected chi connectivity index (χ3v) is 5.06. The highest BCUT2D eigenvalue weighted by Gasteiger charge is 2.26. The third kappa shape index (κ3) is 3.09. The molecule has 0 aliphatic carbocycles. The van der Waals surface area contributed by atoms with Gasteiger partial charge in [-0.15, -0.1) is 11.8 Å². The van der Waals surface area contributed by atoms with Crippen molar-refractivity contribution in [3.8, 4) is 5.75 Å². The Kier molecular flexibility index (Phi) is 4.22. The van der Waals surface area contributed by atoms with E-state index in [-0.39, 0.29) is 12.1 Å². The second-order valence-electron chi connectivity index (χ2n) is 5.76. The molecule has 3 heteroatoms. The Morgan fingerprint density at radius 2 is 1.71 bits per heavy atom. The Labute approximate surface area is 130 Å². The van der Waals surface area contributed by atoms with Gasteiger partial charge >= 0.3 is 0 Å². The van der Waals surface area contributed by atoms with Crippen molar-refractivity contribution in [2.45, 2.75) is 36.8 Å². The van der Waals surface area contributed by atoms with E-state index in [4.69, 9.17) is 10.5 Å². The van der Waals surface area contributed by atoms with E-state index >= 15 is 0 Å². The molecule has 0 bridgehead atoms. The summed E-state index contributed by atoms with van der Waals surface area (Å²) in [6.07, 6.45) is 0.0230. The Morgan fingerprint density at radius 1 is 1.05 bits per heavy atom. The Morgan fingerprint density at radius 3 is 2.43 bits per heavy atom. The number of thioether (sulfide) groups is 1. The molecule has 0 fully saturated rings. The summed E-state index contributed by atoms with van der Waals surface area (Å²) >= 11 is 1.82. The highest BCUT2D eigenvalue weighted by atomic mass is 32.2. The highest BCUT2D eigenvalue weighted by molar-refractivity contribution is 7.99. The van der Waals surface area contributed by atoms with Crippen molar-refractivity contribution in [2.24, 2.45) is 5.73 Å². The molecule has 1 aliphatic heterocycles. The van der Waals surface area contributed by atoms with Crippen LogP contribution in [0.2, 0.25) is 0 Å². The summed E-state index contributed by atoms with van der Waals surface area (Å²) in [4.78, 5) is 1.20. The van der Waals surface area contributed by atoms with Gasteiger partial charge in [0.25, 0.3) is 0 Å². The van der Waals surface area contributed by atoms with Crippen molar-refractivity contribution in [3.63, 3.8) is 0 Å². The topological polar surface area (TPSA) is 35.2 Å². The fraction of sp³-hybridized carbons (Fsp3) is 0.333. The van der Waals surface area contributed by atoms with E-state index in [1.807, 2.05) is 30.0 Å². The summed E-state index contributed by atoms with van der Waals surface area (Å²) in [6.45, 7) is 4.40. The molecule has 2 aromatic carbocycles. The van der Waals surface area contributed by atoms with Gasteiger partial charge in [0.15, 0.2) is 0 Å². The van der Waals surface area contributed by atoms with Gasteiger partial charge in [0, 0.05) is 10.6 Å². The van der Waals surface area contributed by atoms with Gasteiger partial charge in [-0.2, -0.15) is 0 Å². The van der Waals surface area contributed by atoms with Gasteiger partial charge < -0.3 is 10.5 Å². The first kappa shape index (κ1) is 14.5. The Hall–Kier alpha value is -1.45. The van der Waals surface area contributed by atoms with Gasteiger partial charge in [-0.1, -0.05) is 50.2 Å². The third-order valence-electron chi connectivity index (χ3n) is 3.92. The van der Waals surface area contributed by atoms with E-state index < -0.39 is 0 Å². The van der Waals surface area contributed by atoms with Gasteiger partial charge in [0.05, 0.1) is 6.04 Å².